The van der Waals surface area contributed by atoms with Crippen LogP contribution < -0.4 is 4.90 Å². The molecule has 0 aliphatic heterocycles. The largest absolute Gasteiger partial charge is 0.478 e. The third-order valence-electron chi connectivity index (χ3n) is 2.63. The molecule has 1 heterocycles. The summed E-state index contributed by atoms with van der Waals surface area (Å²) >= 11 is 0. The first kappa shape index (κ1) is 12.7. The van der Waals surface area contributed by atoms with Crippen LogP contribution >= 0.6 is 0 Å². The second kappa shape index (κ2) is 5.26. The fourth-order valence-corrected chi connectivity index (χ4v) is 1.67. The quantitative estimate of drug-likeness (QED) is 0.899. The van der Waals surface area contributed by atoms with Crippen molar-refractivity contribution in [3.63, 3.8) is 0 Å². The molecule has 19 heavy (non-hydrogen) atoms. The summed E-state index contributed by atoms with van der Waals surface area (Å²) in [6, 6.07) is 7.84. The van der Waals surface area contributed by atoms with Crippen LogP contribution in [0.4, 0.5) is 5.69 Å². The van der Waals surface area contributed by atoms with E-state index in [2.05, 4.69) is 10.2 Å². The minimum atomic E-state index is -1.08. The zero-order valence-electron chi connectivity index (χ0n) is 10.1. The highest BCUT2D eigenvalue weighted by molar-refractivity contribution is 6.08. The summed E-state index contributed by atoms with van der Waals surface area (Å²) in [5.74, 6) is -1.42. The lowest BCUT2D eigenvalue weighted by Gasteiger charge is -2.19. The number of aromatic carboxylic acids is 1. The van der Waals surface area contributed by atoms with Crippen LogP contribution in [-0.4, -0.2) is 34.2 Å². The van der Waals surface area contributed by atoms with E-state index in [0.29, 0.717) is 11.3 Å². The van der Waals surface area contributed by atoms with Gasteiger partial charge in [-0.25, -0.2) is 4.79 Å². The van der Waals surface area contributed by atoms with E-state index in [0.717, 1.165) is 0 Å². The van der Waals surface area contributed by atoms with Crippen molar-refractivity contribution in [3.05, 3.63) is 53.9 Å². The molecule has 2 rings (SSSR count). The van der Waals surface area contributed by atoms with Gasteiger partial charge in [-0.2, -0.15) is 10.2 Å². The van der Waals surface area contributed by atoms with Gasteiger partial charge in [-0.05, 0) is 18.2 Å². The number of benzene rings is 1. The van der Waals surface area contributed by atoms with Crippen LogP contribution in [0.3, 0.4) is 0 Å². The van der Waals surface area contributed by atoms with Crippen molar-refractivity contribution in [2.75, 3.05) is 11.9 Å². The van der Waals surface area contributed by atoms with E-state index in [1.54, 1.807) is 18.2 Å². The highest BCUT2D eigenvalue weighted by Gasteiger charge is 2.19. The lowest BCUT2D eigenvalue weighted by Crippen LogP contribution is -2.28. The highest BCUT2D eigenvalue weighted by Crippen LogP contribution is 2.20. The highest BCUT2D eigenvalue weighted by atomic mass is 16.4. The number of amides is 1. The molecule has 1 amide bonds. The van der Waals surface area contributed by atoms with Gasteiger partial charge >= 0.3 is 5.97 Å². The Labute approximate surface area is 109 Å². The van der Waals surface area contributed by atoms with Crippen molar-refractivity contribution in [2.24, 2.45) is 0 Å². The number of anilines is 1. The number of hydrogen-bond acceptors (Lipinski definition) is 4. The summed E-state index contributed by atoms with van der Waals surface area (Å²) in [6.07, 6.45) is 2.74. The molecule has 0 saturated heterocycles. The van der Waals surface area contributed by atoms with Gasteiger partial charge in [0, 0.05) is 7.05 Å². The number of para-hydroxylation sites is 1. The summed E-state index contributed by atoms with van der Waals surface area (Å²) in [7, 11) is 1.52. The molecule has 0 spiro atoms. The van der Waals surface area contributed by atoms with Gasteiger partial charge in [-0.15, -0.1) is 0 Å². The third-order valence-corrected chi connectivity index (χ3v) is 2.63. The molecule has 1 aromatic carbocycles. The van der Waals surface area contributed by atoms with Gasteiger partial charge in [0.25, 0.3) is 5.91 Å². The average molecular weight is 257 g/mol. The van der Waals surface area contributed by atoms with Crippen LogP contribution in [0.15, 0.2) is 42.7 Å². The van der Waals surface area contributed by atoms with Crippen LogP contribution in [0, 0.1) is 0 Å². The van der Waals surface area contributed by atoms with Crippen molar-refractivity contribution >= 4 is 17.6 Å². The van der Waals surface area contributed by atoms with Gasteiger partial charge in [-0.1, -0.05) is 12.1 Å². The zero-order valence-corrected chi connectivity index (χ0v) is 10.1. The molecule has 0 radical (unpaired) electrons. The first-order chi connectivity index (χ1) is 9.11. The van der Waals surface area contributed by atoms with Crippen molar-refractivity contribution < 1.29 is 14.7 Å². The van der Waals surface area contributed by atoms with E-state index in [4.69, 9.17) is 5.11 Å². The van der Waals surface area contributed by atoms with Gasteiger partial charge < -0.3 is 10.0 Å². The van der Waals surface area contributed by atoms with E-state index in [9.17, 15) is 9.59 Å². The Bertz CT molecular complexity index is 614. The summed E-state index contributed by atoms with van der Waals surface area (Å²) in [6.45, 7) is 0. The Balaban J connectivity index is 2.38. The zero-order chi connectivity index (χ0) is 13.8. The molecular formula is C13H11N3O3. The van der Waals surface area contributed by atoms with Gasteiger partial charge in [0.15, 0.2) is 0 Å². The minimum absolute atomic E-state index is 0.0698. The number of rotatable bonds is 3. The lowest BCUT2D eigenvalue weighted by atomic mass is 10.1. The molecule has 0 fully saturated rings. The van der Waals surface area contributed by atoms with E-state index in [-0.39, 0.29) is 11.5 Å². The number of carboxylic acid groups (broad SMARTS) is 1. The van der Waals surface area contributed by atoms with Gasteiger partial charge in [-0.3, -0.25) is 4.79 Å². The number of aromatic nitrogens is 2. The van der Waals surface area contributed by atoms with E-state index >= 15 is 0 Å². The Morgan fingerprint density at radius 3 is 2.53 bits per heavy atom. The first-order valence-corrected chi connectivity index (χ1v) is 5.48. The lowest BCUT2D eigenvalue weighted by molar-refractivity contribution is 0.0697. The number of carbonyl (C=O) groups excluding carboxylic acids is 1. The molecule has 6 nitrogen and oxygen atoms in total. The Kier molecular flexibility index (Phi) is 3.51. The molecule has 0 aliphatic carbocycles. The Morgan fingerprint density at radius 1 is 1.16 bits per heavy atom. The molecule has 0 bridgehead atoms. The molecule has 6 heteroatoms. The average Bonchev–Trinajstić information content (AvgIpc) is 2.46. The van der Waals surface area contributed by atoms with Crippen molar-refractivity contribution in [3.8, 4) is 0 Å². The first-order valence-electron chi connectivity index (χ1n) is 5.48. The predicted octanol–water partition coefficient (Wildman–Crippen LogP) is 1.45. The number of carboxylic acids is 1. The Morgan fingerprint density at radius 2 is 1.89 bits per heavy atom. The second-order valence-corrected chi connectivity index (χ2v) is 3.82. The third kappa shape index (κ3) is 2.57. The molecular weight excluding hydrogens is 246 g/mol. The molecule has 0 saturated carbocycles. The SMILES string of the molecule is CN(C(=O)c1ccnnc1)c1ccccc1C(=O)O. The van der Waals surface area contributed by atoms with Crippen LogP contribution in [0.25, 0.3) is 0 Å². The van der Waals surface area contributed by atoms with Crippen LogP contribution in [0.5, 0.6) is 0 Å². The molecule has 1 aromatic heterocycles. The molecule has 2 aromatic rings. The van der Waals surface area contributed by atoms with Crippen LogP contribution in [0.1, 0.15) is 20.7 Å². The summed E-state index contributed by atoms with van der Waals surface area (Å²) in [5, 5.41) is 16.3. The monoisotopic (exact) mass is 257 g/mol. The normalized spacial score (nSPS) is 9.95. The van der Waals surface area contributed by atoms with Gasteiger partial charge in [0.1, 0.15) is 0 Å². The standard InChI is InChI=1S/C13H11N3O3/c1-16(12(17)9-6-7-14-15-8-9)11-5-3-2-4-10(11)13(18)19/h2-8H,1H3,(H,18,19). The van der Waals surface area contributed by atoms with Crippen molar-refractivity contribution in [1.82, 2.24) is 10.2 Å². The van der Waals surface area contributed by atoms with E-state index < -0.39 is 5.97 Å². The fourth-order valence-electron chi connectivity index (χ4n) is 1.67. The van der Waals surface area contributed by atoms with E-state index in [1.165, 1.54) is 36.5 Å². The van der Waals surface area contributed by atoms with Crippen molar-refractivity contribution in [1.29, 1.82) is 0 Å². The number of nitrogens with zero attached hydrogens (tertiary/aromatic N) is 3. The molecule has 0 aliphatic rings. The van der Waals surface area contributed by atoms with Crippen molar-refractivity contribution in [2.45, 2.75) is 0 Å². The second-order valence-electron chi connectivity index (χ2n) is 3.82. The predicted molar refractivity (Wildman–Crippen MR) is 68.2 cm³/mol. The molecule has 96 valence electrons. The summed E-state index contributed by atoms with van der Waals surface area (Å²) < 4.78 is 0. The van der Waals surface area contributed by atoms with E-state index in [1.807, 2.05) is 0 Å². The maximum Gasteiger partial charge on any atom is 0.337 e. The van der Waals surface area contributed by atoms with Gasteiger partial charge in [0.2, 0.25) is 0 Å². The van der Waals surface area contributed by atoms with Crippen LogP contribution in [0.2, 0.25) is 0 Å². The minimum Gasteiger partial charge on any atom is -0.478 e. The molecule has 0 atom stereocenters. The Hall–Kier alpha value is -2.76. The number of carbonyl (C=O) groups is 2. The molecule has 1 N–H and O–H groups in total. The van der Waals surface area contributed by atoms with Crippen LogP contribution in [-0.2, 0) is 0 Å². The fraction of sp³-hybridized carbons (Fsp3) is 0.0769. The maximum atomic E-state index is 12.2. The smallest absolute Gasteiger partial charge is 0.337 e. The topological polar surface area (TPSA) is 83.4 Å². The summed E-state index contributed by atoms with van der Waals surface area (Å²) in [4.78, 5) is 24.6. The number of hydrogen-bond donors (Lipinski definition) is 1. The molecule has 0 unspecified atom stereocenters. The maximum absolute atomic E-state index is 12.2. The summed E-state index contributed by atoms with van der Waals surface area (Å²) in [5.41, 5.74) is 0.745. The van der Waals surface area contributed by atoms with Gasteiger partial charge in [0.05, 0.1) is 29.2 Å².